The highest BCUT2D eigenvalue weighted by Gasteiger charge is 2.17. The van der Waals surface area contributed by atoms with Gasteiger partial charge in [0, 0.05) is 18.8 Å². The zero-order chi connectivity index (χ0) is 19.2. The lowest BCUT2D eigenvalue weighted by molar-refractivity contribution is -0.121. The molecule has 0 radical (unpaired) electrons. The van der Waals surface area contributed by atoms with E-state index in [0.717, 1.165) is 35.9 Å². The molecule has 27 heavy (non-hydrogen) atoms. The van der Waals surface area contributed by atoms with Gasteiger partial charge in [0.15, 0.2) is 0 Å². The minimum Gasteiger partial charge on any atom is -0.497 e. The number of piperidine rings is 1. The van der Waals surface area contributed by atoms with Crippen LogP contribution in [0.2, 0.25) is 0 Å². The zero-order valence-electron chi connectivity index (χ0n) is 16.6. The molecule has 144 valence electrons. The Morgan fingerprint density at radius 2 is 1.89 bits per heavy atom. The van der Waals surface area contributed by atoms with Gasteiger partial charge >= 0.3 is 0 Å². The molecule has 1 aliphatic rings. The molecular weight excluding hydrogens is 336 g/mol. The van der Waals surface area contributed by atoms with Crippen LogP contribution in [-0.2, 0) is 11.2 Å². The number of benzene rings is 2. The summed E-state index contributed by atoms with van der Waals surface area (Å²) in [4.78, 5) is 14.8. The van der Waals surface area contributed by atoms with Crippen LogP contribution in [0.1, 0.15) is 43.9 Å². The number of carbonyl (C=O) groups excluding carboxylic acids is 1. The molecule has 4 heteroatoms. The molecule has 2 atom stereocenters. The van der Waals surface area contributed by atoms with Gasteiger partial charge in [-0.1, -0.05) is 31.2 Å². The molecular formula is C23H30N2O2. The van der Waals surface area contributed by atoms with Gasteiger partial charge in [0.2, 0.25) is 5.91 Å². The maximum absolute atomic E-state index is 12.4. The van der Waals surface area contributed by atoms with Gasteiger partial charge in [-0.05, 0) is 61.1 Å². The molecule has 1 N–H and O–H groups in total. The van der Waals surface area contributed by atoms with E-state index < -0.39 is 0 Å². The second kappa shape index (κ2) is 8.94. The second-order valence-corrected chi connectivity index (χ2v) is 7.60. The fraction of sp³-hybridized carbons (Fsp3) is 0.435. The van der Waals surface area contributed by atoms with Crippen molar-refractivity contribution in [1.29, 1.82) is 0 Å². The minimum atomic E-state index is -0.00919. The van der Waals surface area contributed by atoms with E-state index in [0.29, 0.717) is 6.42 Å². The van der Waals surface area contributed by atoms with Crippen LogP contribution >= 0.6 is 0 Å². The molecule has 1 amide bonds. The number of hydrogen-bond acceptors (Lipinski definition) is 3. The average Bonchev–Trinajstić information content (AvgIpc) is 2.68. The molecule has 0 bridgehead atoms. The van der Waals surface area contributed by atoms with Crippen molar-refractivity contribution in [1.82, 2.24) is 5.32 Å². The Hall–Kier alpha value is -2.49. The highest BCUT2D eigenvalue weighted by Crippen LogP contribution is 2.24. The van der Waals surface area contributed by atoms with Crippen LogP contribution in [-0.4, -0.2) is 26.1 Å². The molecule has 1 aliphatic heterocycles. The van der Waals surface area contributed by atoms with E-state index in [1.54, 1.807) is 7.11 Å². The Bertz CT molecular complexity index is 740. The number of amides is 1. The maximum Gasteiger partial charge on any atom is 0.224 e. The molecule has 0 aliphatic carbocycles. The molecule has 0 saturated carbocycles. The van der Waals surface area contributed by atoms with Crippen molar-refractivity contribution in [2.45, 2.75) is 39.2 Å². The summed E-state index contributed by atoms with van der Waals surface area (Å²) in [5, 5.41) is 3.10. The first-order valence-electron chi connectivity index (χ1n) is 9.82. The van der Waals surface area contributed by atoms with E-state index in [9.17, 15) is 4.79 Å². The third-order valence-electron chi connectivity index (χ3n) is 5.32. The van der Waals surface area contributed by atoms with E-state index in [4.69, 9.17) is 4.74 Å². The third-order valence-corrected chi connectivity index (χ3v) is 5.32. The van der Waals surface area contributed by atoms with Gasteiger partial charge in [-0.15, -0.1) is 0 Å². The lowest BCUT2D eigenvalue weighted by Gasteiger charge is -2.33. The lowest BCUT2D eigenvalue weighted by Crippen LogP contribution is -2.34. The first kappa shape index (κ1) is 19.3. The number of anilines is 1. The number of rotatable bonds is 6. The number of nitrogens with one attached hydrogen (secondary N) is 1. The van der Waals surface area contributed by atoms with Crippen molar-refractivity contribution in [3.63, 3.8) is 0 Å². The summed E-state index contributed by atoms with van der Waals surface area (Å²) in [6.07, 6.45) is 2.96. The maximum atomic E-state index is 12.4. The Morgan fingerprint density at radius 1 is 1.19 bits per heavy atom. The van der Waals surface area contributed by atoms with Gasteiger partial charge in [0.25, 0.3) is 0 Å². The first-order valence-corrected chi connectivity index (χ1v) is 9.82. The van der Waals surface area contributed by atoms with Crippen molar-refractivity contribution in [3.8, 4) is 5.75 Å². The van der Waals surface area contributed by atoms with Gasteiger partial charge in [-0.25, -0.2) is 0 Å². The monoisotopic (exact) mass is 366 g/mol. The number of hydrogen-bond donors (Lipinski definition) is 1. The van der Waals surface area contributed by atoms with E-state index in [1.807, 2.05) is 31.2 Å². The topological polar surface area (TPSA) is 41.6 Å². The number of carbonyl (C=O) groups is 1. The van der Waals surface area contributed by atoms with Crippen molar-refractivity contribution in [3.05, 3.63) is 59.7 Å². The fourth-order valence-corrected chi connectivity index (χ4v) is 3.70. The highest BCUT2D eigenvalue weighted by atomic mass is 16.5. The summed E-state index contributed by atoms with van der Waals surface area (Å²) in [7, 11) is 1.64. The van der Waals surface area contributed by atoms with Gasteiger partial charge in [0.1, 0.15) is 5.75 Å². The lowest BCUT2D eigenvalue weighted by atomic mass is 9.99. The number of nitrogens with zero attached hydrogens (tertiary/aromatic N) is 1. The van der Waals surface area contributed by atoms with Gasteiger partial charge in [-0.3, -0.25) is 4.79 Å². The molecule has 0 unspecified atom stereocenters. The Morgan fingerprint density at radius 3 is 2.52 bits per heavy atom. The van der Waals surface area contributed by atoms with Crippen molar-refractivity contribution < 1.29 is 9.53 Å². The molecule has 0 aromatic heterocycles. The van der Waals surface area contributed by atoms with Crippen LogP contribution in [0.4, 0.5) is 5.69 Å². The smallest absolute Gasteiger partial charge is 0.224 e. The predicted octanol–water partition coefficient (Wildman–Crippen LogP) is 4.35. The van der Waals surface area contributed by atoms with E-state index >= 15 is 0 Å². The quantitative estimate of drug-likeness (QED) is 0.826. The SMILES string of the molecule is COc1ccc(CC(=O)N[C@@H](C)c2ccc(N3CCC[C@H](C)C3)cc2)cc1. The first-order chi connectivity index (χ1) is 13.0. The standard InChI is InChI=1S/C23H30N2O2/c1-17-5-4-14-25(16-17)21-10-8-20(9-11-21)18(2)24-23(26)15-19-6-12-22(27-3)13-7-19/h6-13,17-18H,4-5,14-16H2,1-3H3,(H,24,26)/t17-,18-/m0/s1. The highest BCUT2D eigenvalue weighted by molar-refractivity contribution is 5.79. The van der Waals surface area contributed by atoms with Crippen LogP contribution in [0.3, 0.4) is 0 Å². The van der Waals surface area contributed by atoms with Gasteiger partial charge < -0.3 is 15.0 Å². The van der Waals surface area contributed by atoms with Gasteiger partial charge in [-0.2, -0.15) is 0 Å². The Labute approximate surface area is 162 Å². The average molecular weight is 367 g/mol. The minimum absolute atomic E-state index is 0.00919. The molecule has 3 rings (SSSR count). The Balaban J connectivity index is 1.55. The van der Waals surface area contributed by atoms with Gasteiger partial charge in [0.05, 0.1) is 19.6 Å². The van der Waals surface area contributed by atoms with Crippen molar-refractivity contribution in [2.24, 2.45) is 5.92 Å². The summed E-state index contributed by atoms with van der Waals surface area (Å²) in [6.45, 7) is 6.62. The zero-order valence-corrected chi connectivity index (χ0v) is 16.6. The van der Waals surface area contributed by atoms with E-state index in [2.05, 4.69) is 41.4 Å². The van der Waals surface area contributed by atoms with E-state index in [1.165, 1.54) is 18.5 Å². The van der Waals surface area contributed by atoms with E-state index in [-0.39, 0.29) is 11.9 Å². The number of methoxy groups -OCH3 is 1. The van der Waals surface area contributed by atoms with Crippen molar-refractivity contribution in [2.75, 3.05) is 25.1 Å². The van der Waals surface area contributed by atoms with Crippen LogP contribution < -0.4 is 15.0 Å². The van der Waals surface area contributed by atoms with Crippen LogP contribution in [0.25, 0.3) is 0 Å². The molecule has 2 aromatic rings. The summed E-state index contributed by atoms with van der Waals surface area (Å²) in [5.74, 6) is 1.59. The van der Waals surface area contributed by atoms with Crippen molar-refractivity contribution >= 4 is 11.6 Å². The molecule has 0 spiro atoms. The predicted molar refractivity (Wildman–Crippen MR) is 110 cm³/mol. The van der Waals surface area contributed by atoms with Crippen LogP contribution in [0, 0.1) is 5.92 Å². The fourth-order valence-electron chi connectivity index (χ4n) is 3.70. The second-order valence-electron chi connectivity index (χ2n) is 7.60. The molecule has 2 aromatic carbocycles. The van der Waals surface area contributed by atoms with Crippen LogP contribution in [0.5, 0.6) is 5.75 Å². The number of ether oxygens (including phenoxy) is 1. The third kappa shape index (κ3) is 5.25. The summed E-state index contributed by atoms with van der Waals surface area (Å²) in [5.41, 5.74) is 3.39. The largest absolute Gasteiger partial charge is 0.497 e. The summed E-state index contributed by atoms with van der Waals surface area (Å²) >= 11 is 0. The summed E-state index contributed by atoms with van der Waals surface area (Å²) in [6, 6.07) is 16.2. The molecule has 1 saturated heterocycles. The normalized spacial score (nSPS) is 18.0. The van der Waals surface area contributed by atoms with Crippen LogP contribution in [0.15, 0.2) is 48.5 Å². The molecule has 1 fully saturated rings. The molecule has 1 heterocycles. The molecule has 4 nitrogen and oxygen atoms in total. The Kier molecular flexibility index (Phi) is 6.38. The summed E-state index contributed by atoms with van der Waals surface area (Å²) < 4.78 is 5.15.